The van der Waals surface area contributed by atoms with E-state index in [9.17, 15) is 28.2 Å². The third kappa shape index (κ3) is 7.03. The molecular formula is C31H28Cl2F3N3O3. The van der Waals surface area contributed by atoms with Crippen LogP contribution < -0.4 is 5.32 Å². The fraction of sp³-hybridized carbons (Fsp3) is 0.323. The largest absolute Gasteiger partial charge is 0.397 e. The Balaban J connectivity index is 1.42. The molecule has 5 rings (SSSR count). The van der Waals surface area contributed by atoms with Crippen LogP contribution in [0.4, 0.5) is 13.2 Å². The molecule has 0 radical (unpaired) electrons. The molecule has 220 valence electrons. The van der Waals surface area contributed by atoms with Crippen LogP contribution in [0.5, 0.6) is 0 Å². The van der Waals surface area contributed by atoms with Gasteiger partial charge >= 0.3 is 6.18 Å². The molecule has 1 aliphatic rings. The average molecular weight is 618 g/mol. The van der Waals surface area contributed by atoms with Crippen molar-refractivity contribution in [3.63, 3.8) is 0 Å². The quantitative estimate of drug-likeness (QED) is 0.186. The van der Waals surface area contributed by atoms with Crippen LogP contribution in [0, 0.1) is 11.8 Å². The zero-order chi connectivity index (χ0) is 30.0. The topological polar surface area (TPSA) is 95.3 Å². The van der Waals surface area contributed by atoms with E-state index in [-0.39, 0.29) is 23.0 Å². The van der Waals surface area contributed by atoms with E-state index in [0.717, 1.165) is 12.0 Å². The number of carbonyl (C=O) groups is 1. The molecule has 6 nitrogen and oxygen atoms in total. The predicted molar refractivity (Wildman–Crippen MR) is 155 cm³/mol. The Morgan fingerprint density at radius 1 is 0.929 bits per heavy atom. The number of halogens is 5. The van der Waals surface area contributed by atoms with Crippen molar-refractivity contribution in [3.05, 3.63) is 93.6 Å². The molecule has 3 aromatic carbocycles. The maximum Gasteiger partial charge on any atom is 0.397 e. The fourth-order valence-electron chi connectivity index (χ4n) is 5.47. The molecule has 4 aromatic rings. The molecule has 3 N–H and O–H groups in total. The molecular weight excluding hydrogens is 590 g/mol. The van der Waals surface area contributed by atoms with Gasteiger partial charge in [-0.15, -0.1) is 0 Å². The second-order valence-corrected chi connectivity index (χ2v) is 11.5. The minimum atomic E-state index is -4.58. The Morgan fingerprint density at radius 3 is 2.21 bits per heavy atom. The molecule has 0 spiro atoms. The summed E-state index contributed by atoms with van der Waals surface area (Å²) in [4.78, 5) is 22.7. The van der Waals surface area contributed by atoms with Gasteiger partial charge in [-0.25, -0.2) is 9.97 Å². The van der Waals surface area contributed by atoms with Crippen LogP contribution in [-0.2, 0) is 6.42 Å². The number of hydrogen-bond acceptors (Lipinski definition) is 5. The molecule has 1 fully saturated rings. The van der Waals surface area contributed by atoms with Crippen molar-refractivity contribution in [1.82, 2.24) is 15.3 Å². The monoisotopic (exact) mass is 617 g/mol. The highest BCUT2D eigenvalue weighted by atomic mass is 35.5. The third-order valence-corrected chi connectivity index (χ3v) is 8.24. The molecule has 1 amide bonds. The molecule has 0 bridgehead atoms. The van der Waals surface area contributed by atoms with Crippen molar-refractivity contribution in [2.24, 2.45) is 11.8 Å². The van der Waals surface area contributed by atoms with E-state index in [2.05, 4.69) is 5.32 Å². The number of carbonyl (C=O) groups excluding carboxylic acids is 1. The molecule has 11 heteroatoms. The predicted octanol–water partition coefficient (Wildman–Crippen LogP) is 6.95. The van der Waals surface area contributed by atoms with Crippen molar-refractivity contribution in [1.29, 1.82) is 0 Å². The van der Waals surface area contributed by atoms with Crippen LogP contribution in [-0.4, -0.2) is 45.1 Å². The van der Waals surface area contributed by atoms with E-state index < -0.39 is 30.8 Å². The Bertz CT molecular complexity index is 1560. The summed E-state index contributed by atoms with van der Waals surface area (Å²) in [7, 11) is 0. The van der Waals surface area contributed by atoms with Gasteiger partial charge in [0.1, 0.15) is 0 Å². The maximum absolute atomic E-state index is 13.8. The van der Waals surface area contributed by atoms with E-state index in [1.165, 1.54) is 36.4 Å². The van der Waals surface area contributed by atoms with Gasteiger partial charge in [0.2, 0.25) is 0 Å². The lowest BCUT2D eigenvalue weighted by Gasteiger charge is -2.21. The number of nitrogens with one attached hydrogen (secondary N) is 1. The lowest BCUT2D eigenvalue weighted by atomic mass is 9.96. The van der Waals surface area contributed by atoms with Gasteiger partial charge in [0.15, 0.2) is 6.29 Å². The standard InChI is InChI=1S/C31H28Cl2F3N3O3/c32-22-8-3-18(4-9-22)24(31(34,35)36)16-37-29(40)20-7-12-25-26(15-20)38-27(14-17-1-2-21(13-17)30(41)42)28(39-25)19-5-10-23(33)11-6-19/h3-12,15,17,21,24,30,41-42H,1-2,13-14,16H2,(H,37,40)/t17?,21?,24-/m0/s1. The first kappa shape index (κ1) is 30.2. The number of benzene rings is 3. The average Bonchev–Trinajstić information content (AvgIpc) is 3.42. The lowest BCUT2D eigenvalue weighted by Crippen LogP contribution is -2.35. The lowest BCUT2D eigenvalue weighted by molar-refractivity contribution is -0.149. The Kier molecular flexibility index (Phi) is 9.03. The molecule has 42 heavy (non-hydrogen) atoms. The Labute approximate surface area is 250 Å². The summed E-state index contributed by atoms with van der Waals surface area (Å²) in [6, 6.07) is 17.2. The van der Waals surface area contributed by atoms with Crippen LogP contribution in [0.25, 0.3) is 22.3 Å². The number of nitrogens with zero attached hydrogens (tertiary/aromatic N) is 2. The number of aromatic nitrogens is 2. The van der Waals surface area contributed by atoms with Crippen LogP contribution in [0.15, 0.2) is 66.7 Å². The summed E-state index contributed by atoms with van der Waals surface area (Å²) in [6.07, 6.45) is -3.28. The first-order valence-electron chi connectivity index (χ1n) is 13.5. The summed E-state index contributed by atoms with van der Waals surface area (Å²) in [5, 5.41) is 22.6. The summed E-state index contributed by atoms with van der Waals surface area (Å²) in [5.41, 5.74) is 3.24. The molecule has 2 unspecified atom stereocenters. The van der Waals surface area contributed by atoms with Gasteiger partial charge in [0.25, 0.3) is 5.91 Å². The van der Waals surface area contributed by atoms with Gasteiger partial charge in [0.05, 0.1) is 28.3 Å². The van der Waals surface area contributed by atoms with Gasteiger partial charge in [-0.3, -0.25) is 4.79 Å². The van der Waals surface area contributed by atoms with Gasteiger partial charge in [-0.05, 0) is 79.6 Å². The van der Waals surface area contributed by atoms with Crippen LogP contribution >= 0.6 is 23.2 Å². The van der Waals surface area contributed by atoms with Gasteiger partial charge in [0, 0.05) is 33.6 Å². The first-order valence-corrected chi connectivity index (χ1v) is 14.3. The number of alkyl halides is 3. The Hall–Kier alpha value is -3.24. The van der Waals surface area contributed by atoms with E-state index in [0.29, 0.717) is 51.7 Å². The van der Waals surface area contributed by atoms with E-state index in [1.807, 2.05) is 12.1 Å². The van der Waals surface area contributed by atoms with Gasteiger partial charge in [-0.2, -0.15) is 13.2 Å². The number of hydrogen-bond donors (Lipinski definition) is 3. The number of rotatable bonds is 8. The smallest absolute Gasteiger partial charge is 0.368 e. The van der Waals surface area contributed by atoms with E-state index >= 15 is 0 Å². The van der Waals surface area contributed by atoms with Crippen molar-refractivity contribution in [2.75, 3.05) is 6.54 Å². The number of fused-ring (bicyclic) bond motifs is 1. The van der Waals surface area contributed by atoms with Crippen molar-refractivity contribution in [3.8, 4) is 11.3 Å². The molecule has 1 heterocycles. The first-order chi connectivity index (χ1) is 20.0. The Morgan fingerprint density at radius 2 is 1.60 bits per heavy atom. The zero-order valence-electron chi connectivity index (χ0n) is 22.3. The normalized spacial score (nSPS) is 18.0. The SMILES string of the molecule is O=C(NC[C@@H](c1ccc(Cl)cc1)C(F)(F)F)c1ccc2nc(-c3ccc(Cl)cc3)c(CC3CCC(C(O)O)C3)nc2c1. The van der Waals surface area contributed by atoms with Crippen molar-refractivity contribution >= 4 is 40.1 Å². The zero-order valence-corrected chi connectivity index (χ0v) is 23.8. The van der Waals surface area contributed by atoms with E-state index in [1.54, 1.807) is 18.2 Å². The minimum Gasteiger partial charge on any atom is -0.368 e. The van der Waals surface area contributed by atoms with Gasteiger partial charge in [-0.1, -0.05) is 47.5 Å². The fourth-order valence-corrected chi connectivity index (χ4v) is 5.72. The second kappa shape index (κ2) is 12.6. The molecule has 1 aliphatic carbocycles. The van der Waals surface area contributed by atoms with Crippen molar-refractivity contribution in [2.45, 2.75) is 44.1 Å². The molecule has 0 saturated heterocycles. The highest BCUT2D eigenvalue weighted by Gasteiger charge is 2.40. The van der Waals surface area contributed by atoms with Gasteiger partial charge < -0.3 is 15.5 Å². The van der Waals surface area contributed by atoms with Crippen LogP contribution in [0.2, 0.25) is 10.0 Å². The molecule has 3 atom stereocenters. The summed E-state index contributed by atoms with van der Waals surface area (Å²) < 4.78 is 41.4. The summed E-state index contributed by atoms with van der Waals surface area (Å²) in [5.74, 6) is -2.61. The highest BCUT2D eigenvalue weighted by molar-refractivity contribution is 6.30. The highest BCUT2D eigenvalue weighted by Crippen LogP contribution is 2.37. The summed E-state index contributed by atoms with van der Waals surface area (Å²) >= 11 is 11.9. The number of amides is 1. The van der Waals surface area contributed by atoms with Crippen LogP contribution in [0.3, 0.4) is 0 Å². The van der Waals surface area contributed by atoms with Crippen molar-refractivity contribution < 1.29 is 28.2 Å². The van der Waals surface area contributed by atoms with Crippen LogP contribution in [0.1, 0.15) is 46.8 Å². The molecule has 1 aromatic heterocycles. The number of aliphatic hydroxyl groups excluding tert-OH is 1. The minimum absolute atomic E-state index is 0.00109. The third-order valence-electron chi connectivity index (χ3n) is 7.74. The van der Waals surface area contributed by atoms with E-state index in [4.69, 9.17) is 33.2 Å². The number of aliphatic hydroxyl groups is 2. The summed E-state index contributed by atoms with van der Waals surface area (Å²) in [6.45, 7) is -0.645. The second-order valence-electron chi connectivity index (χ2n) is 10.6. The maximum atomic E-state index is 13.8. The molecule has 1 saturated carbocycles. The molecule has 0 aliphatic heterocycles.